The molecular formula is C14H22O. The maximum Gasteiger partial charge on any atom is 0.133 e. The molecule has 84 valence electrons. The number of fused-ring (bicyclic) bond motifs is 1. The van der Waals surface area contributed by atoms with Crippen molar-refractivity contribution in [3.63, 3.8) is 0 Å². The van der Waals surface area contributed by atoms with Gasteiger partial charge in [-0.2, -0.15) is 0 Å². The molecule has 0 aliphatic heterocycles. The van der Waals surface area contributed by atoms with E-state index in [1.807, 2.05) is 0 Å². The molecule has 0 aromatic rings. The second-order valence-electron chi connectivity index (χ2n) is 5.62. The quantitative estimate of drug-likeness (QED) is 0.599. The highest BCUT2D eigenvalue weighted by Gasteiger charge is 2.37. The van der Waals surface area contributed by atoms with Crippen molar-refractivity contribution in [1.82, 2.24) is 0 Å². The van der Waals surface area contributed by atoms with Crippen molar-refractivity contribution in [2.75, 3.05) is 0 Å². The Hall–Kier alpha value is -0.590. The van der Waals surface area contributed by atoms with Crippen LogP contribution in [0.1, 0.15) is 46.5 Å². The van der Waals surface area contributed by atoms with Crippen molar-refractivity contribution >= 4 is 5.78 Å². The molecule has 0 aromatic heterocycles. The Labute approximate surface area is 92.9 Å². The van der Waals surface area contributed by atoms with Crippen LogP contribution in [0.5, 0.6) is 0 Å². The molecule has 0 aromatic carbocycles. The number of rotatable bonds is 1. The molecular weight excluding hydrogens is 184 g/mol. The normalized spacial score (nSPS) is 36.4. The predicted molar refractivity (Wildman–Crippen MR) is 62.5 cm³/mol. The van der Waals surface area contributed by atoms with Gasteiger partial charge in [-0.05, 0) is 36.5 Å². The van der Waals surface area contributed by atoms with Gasteiger partial charge in [-0.15, -0.1) is 0 Å². The minimum absolute atomic E-state index is 0.483. The Morgan fingerprint density at radius 1 is 1.40 bits per heavy atom. The van der Waals surface area contributed by atoms with Crippen LogP contribution in [0.4, 0.5) is 0 Å². The summed E-state index contributed by atoms with van der Waals surface area (Å²) in [5.41, 5.74) is 1.56. The topological polar surface area (TPSA) is 17.1 Å². The number of hydrogen-bond donors (Lipinski definition) is 0. The molecule has 0 amide bonds. The second kappa shape index (κ2) is 4.11. The second-order valence-corrected chi connectivity index (χ2v) is 5.62. The largest absolute Gasteiger partial charge is 0.300 e. The Balaban J connectivity index is 2.23. The summed E-state index contributed by atoms with van der Waals surface area (Å²) in [5, 5.41) is 0. The third-order valence-electron chi connectivity index (χ3n) is 4.27. The third kappa shape index (κ3) is 2.02. The molecule has 1 saturated carbocycles. The zero-order valence-corrected chi connectivity index (χ0v) is 10.1. The Kier molecular flexibility index (Phi) is 2.99. The molecule has 0 spiro atoms. The smallest absolute Gasteiger partial charge is 0.133 e. The summed E-state index contributed by atoms with van der Waals surface area (Å²) >= 11 is 0. The molecule has 3 atom stereocenters. The first-order valence-corrected chi connectivity index (χ1v) is 6.31. The summed E-state index contributed by atoms with van der Waals surface area (Å²) in [6.45, 7) is 6.87. The van der Waals surface area contributed by atoms with Gasteiger partial charge in [0.2, 0.25) is 0 Å². The van der Waals surface area contributed by atoms with Gasteiger partial charge in [-0.25, -0.2) is 0 Å². The van der Waals surface area contributed by atoms with Crippen LogP contribution in [0, 0.1) is 23.7 Å². The fourth-order valence-corrected chi connectivity index (χ4v) is 3.39. The van der Waals surface area contributed by atoms with Crippen molar-refractivity contribution in [2.45, 2.75) is 46.5 Å². The van der Waals surface area contributed by atoms with Crippen LogP contribution in [0.3, 0.4) is 0 Å². The van der Waals surface area contributed by atoms with Crippen molar-refractivity contribution in [3.8, 4) is 0 Å². The number of carbonyl (C=O) groups excluding carboxylic acids is 1. The SMILES string of the molecule is CC(C)C1=CC[C@@H](C)[C@@H]2CCC(=O)C[C@H]12. The Morgan fingerprint density at radius 3 is 2.80 bits per heavy atom. The molecule has 1 heteroatoms. The summed E-state index contributed by atoms with van der Waals surface area (Å²) in [7, 11) is 0. The monoisotopic (exact) mass is 206 g/mol. The first-order valence-electron chi connectivity index (χ1n) is 6.31. The van der Waals surface area contributed by atoms with Gasteiger partial charge in [0.1, 0.15) is 5.78 Å². The number of allylic oxidation sites excluding steroid dienone is 2. The van der Waals surface area contributed by atoms with Crippen LogP contribution in [0.2, 0.25) is 0 Å². The average Bonchev–Trinajstić information content (AvgIpc) is 2.17. The van der Waals surface area contributed by atoms with E-state index in [0.29, 0.717) is 17.6 Å². The molecule has 0 bridgehead atoms. The van der Waals surface area contributed by atoms with E-state index < -0.39 is 0 Å². The minimum Gasteiger partial charge on any atom is -0.300 e. The van der Waals surface area contributed by atoms with Crippen molar-refractivity contribution in [2.24, 2.45) is 23.7 Å². The van der Waals surface area contributed by atoms with E-state index in [4.69, 9.17) is 0 Å². The molecule has 2 aliphatic rings. The molecule has 15 heavy (non-hydrogen) atoms. The lowest BCUT2D eigenvalue weighted by atomic mass is 9.63. The average molecular weight is 206 g/mol. The van der Waals surface area contributed by atoms with E-state index in [1.165, 1.54) is 6.42 Å². The fraction of sp³-hybridized carbons (Fsp3) is 0.786. The maximum absolute atomic E-state index is 11.6. The summed E-state index contributed by atoms with van der Waals surface area (Å²) < 4.78 is 0. The fourth-order valence-electron chi connectivity index (χ4n) is 3.39. The molecule has 0 unspecified atom stereocenters. The van der Waals surface area contributed by atoms with Crippen LogP contribution < -0.4 is 0 Å². The van der Waals surface area contributed by atoms with Gasteiger partial charge in [0.25, 0.3) is 0 Å². The van der Waals surface area contributed by atoms with Gasteiger partial charge in [-0.1, -0.05) is 32.4 Å². The number of hydrogen-bond acceptors (Lipinski definition) is 1. The Bertz CT molecular complexity index is 288. The van der Waals surface area contributed by atoms with Gasteiger partial charge in [0, 0.05) is 12.8 Å². The van der Waals surface area contributed by atoms with Gasteiger partial charge < -0.3 is 0 Å². The highest BCUT2D eigenvalue weighted by atomic mass is 16.1. The molecule has 2 rings (SSSR count). The molecule has 1 nitrogen and oxygen atoms in total. The summed E-state index contributed by atoms with van der Waals surface area (Å²) in [4.78, 5) is 11.6. The summed E-state index contributed by atoms with van der Waals surface area (Å²) in [6.07, 6.45) is 6.42. The van der Waals surface area contributed by atoms with Crippen LogP contribution in [0.15, 0.2) is 11.6 Å². The van der Waals surface area contributed by atoms with Crippen LogP contribution in [-0.4, -0.2) is 5.78 Å². The van der Waals surface area contributed by atoms with E-state index in [0.717, 1.165) is 31.1 Å². The van der Waals surface area contributed by atoms with E-state index in [2.05, 4.69) is 26.8 Å². The summed E-state index contributed by atoms with van der Waals surface area (Å²) in [6, 6.07) is 0. The van der Waals surface area contributed by atoms with E-state index in [9.17, 15) is 4.79 Å². The number of Topliss-reactive ketones (excluding diaryl/α,β-unsaturated/α-hetero) is 1. The lowest BCUT2D eigenvalue weighted by Gasteiger charge is -2.41. The van der Waals surface area contributed by atoms with Gasteiger partial charge in [-0.3, -0.25) is 4.79 Å². The lowest BCUT2D eigenvalue weighted by molar-refractivity contribution is -0.122. The van der Waals surface area contributed by atoms with Crippen LogP contribution >= 0.6 is 0 Å². The molecule has 1 fully saturated rings. The van der Waals surface area contributed by atoms with Crippen LogP contribution in [0.25, 0.3) is 0 Å². The van der Waals surface area contributed by atoms with Gasteiger partial charge in [0.15, 0.2) is 0 Å². The molecule has 0 N–H and O–H groups in total. The lowest BCUT2D eigenvalue weighted by Crippen LogP contribution is -2.34. The van der Waals surface area contributed by atoms with Crippen molar-refractivity contribution in [1.29, 1.82) is 0 Å². The zero-order valence-electron chi connectivity index (χ0n) is 10.1. The first-order chi connectivity index (χ1) is 7.09. The summed E-state index contributed by atoms with van der Waals surface area (Å²) in [5.74, 6) is 3.25. The standard InChI is InChI=1S/C14H22O/c1-9(2)12-6-4-10(3)13-7-5-11(15)8-14(12)13/h6,9-10,13-14H,4-5,7-8H2,1-3H3/t10-,13+,14-/m1/s1. The third-order valence-corrected chi connectivity index (χ3v) is 4.27. The molecule has 0 saturated heterocycles. The zero-order chi connectivity index (χ0) is 11.0. The highest BCUT2D eigenvalue weighted by molar-refractivity contribution is 5.80. The van der Waals surface area contributed by atoms with E-state index in [1.54, 1.807) is 5.57 Å². The van der Waals surface area contributed by atoms with E-state index >= 15 is 0 Å². The molecule has 0 radical (unpaired) electrons. The van der Waals surface area contributed by atoms with Gasteiger partial charge >= 0.3 is 0 Å². The first kappa shape index (κ1) is 10.9. The maximum atomic E-state index is 11.6. The number of ketones is 1. The Morgan fingerprint density at radius 2 is 2.13 bits per heavy atom. The highest BCUT2D eigenvalue weighted by Crippen LogP contribution is 2.44. The van der Waals surface area contributed by atoms with Crippen molar-refractivity contribution < 1.29 is 4.79 Å². The molecule has 2 aliphatic carbocycles. The van der Waals surface area contributed by atoms with Crippen LogP contribution in [-0.2, 0) is 4.79 Å². The van der Waals surface area contributed by atoms with E-state index in [-0.39, 0.29) is 0 Å². The number of carbonyl (C=O) groups is 1. The van der Waals surface area contributed by atoms with Crippen molar-refractivity contribution in [3.05, 3.63) is 11.6 Å². The minimum atomic E-state index is 0.483. The molecule has 0 heterocycles. The van der Waals surface area contributed by atoms with Gasteiger partial charge in [0.05, 0.1) is 0 Å². The predicted octanol–water partition coefficient (Wildman–Crippen LogP) is 3.59.